The van der Waals surface area contributed by atoms with Gasteiger partial charge >= 0.3 is 0 Å². The van der Waals surface area contributed by atoms with Crippen LogP contribution in [0.4, 0.5) is 11.5 Å². The molecule has 0 saturated carbocycles. The van der Waals surface area contributed by atoms with Crippen molar-refractivity contribution in [2.45, 2.75) is 6.54 Å². The molecule has 3 N–H and O–H groups in total. The van der Waals surface area contributed by atoms with E-state index in [1.54, 1.807) is 12.3 Å². The maximum atomic E-state index is 6.02. The number of benzene rings is 1. The van der Waals surface area contributed by atoms with Gasteiger partial charge in [0.2, 0.25) is 0 Å². The summed E-state index contributed by atoms with van der Waals surface area (Å²) in [5.41, 5.74) is 7.51. The smallest absolute Gasteiger partial charge is 0.149 e. The van der Waals surface area contributed by atoms with Gasteiger partial charge in [0.1, 0.15) is 5.82 Å². The molecule has 1 aromatic carbocycles. The molecule has 2 rings (SSSR count). The molecule has 88 valence electrons. The van der Waals surface area contributed by atoms with Gasteiger partial charge in [-0.2, -0.15) is 0 Å². The first-order valence-corrected chi connectivity index (χ1v) is 5.81. The largest absolute Gasteiger partial charge is 0.339 e. The minimum Gasteiger partial charge on any atom is -0.339 e. The highest BCUT2D eigenvalue weighted by Gasteiger charge is 2.03. The standard InChI is InChI=1S/C12H11Cl2N3/c13-9-5-11(14)12(16-7-9)17-10-3-1-2-8(4-10)6-15/h1-5,7H,6,15H2,(H,16,17). The Balaban J connectivity index is 2.25. The first kappa shape index (κ1) is 12.2. The van der Waals surface area contributed by atoms with Crippen molar-refractivity contribution < 1.29 is 0 Å². The quantitative estimate of drug-likeness (QED) is 0.894. The van der Waals surface area contributed by atoms with Gasteiger partial charge in [0.15, 0.2) is 0 Å². The zero-order valence-electron chi connectivity index (χ0n) is 8.95. The zero-order chi connectivity index (χ0) is 12.3. The van der Waals surface area contributed by atoms with E-state index in [2.05, 4.69) is 10.3 Å². The number of nitrogens with one attached hydrogen (secondary N) is 1. The SMILES string of the molecule is NCc1cccc(Nc2ncc(Cl)cc2Cl)c1. The second-order valence-corrected chi connectivity index (χ2v) is 4.36. The van der Waals surface area contributed by atoms with E-state index in [1.807, 2.05) is 24.3 Å². The number of hydrogen-bond acceptors (Lipinski definition) is 3. The minimum atomic E-state index is 0.482. The van der Waals surface area contributed by atoms with Crippen LogP contribution in [-0.2, 0) is 6.54 Å². The van der Waals surface area contributed by atoms with E-state index >= 15 is 0 Å². The third kappa shape index (κ3) is 3.09. The van der Waals surface area contributed by atoms with Crippen LogP contribution in [0.2, 0.25) is 10.0 Å². The normalized spacial score (nSPS) is 10.3. The lowest BCUT2D eigenvalue weighted by Crippen LogP contribution is -1.98. The Morgan fingerprint density at radius 3 is 2.76 bits per heavy atom. The summed E-state index contributed by atoms with van der Waals surface area (Å²) in [5.74, 6) is 0.574. The predicted molar refractivity (Wildman–Crippen MR) is 71.9 cm³/mol. The molecule has 0 aliphatic rings. The molecule has 2 aromatic rings. The lowest BCUT2D eigenvalue weighted by Gasteiger charge is -2.08. The summed E-state index contributed by atoms with van der Waals surface area (Å²) >= 11 is 11.8. The first-order valence-electron chi connectivity index (χ1n) is 5.06. The Morgan fingerprint density at radius 2 is 2.06 bits per heavy atom. The van der Waals surface area contributed by atoms with Gasteiger partial charge < -0.3 is 11.1 Å². The van der Waals surface area contributed by atoms with Crippen LogP contribution in [0.5, 0.6) is 0 Å². The van der Waals surface area contributed by atoms with Crippen molar-refractivity contribution >= 4 is 34.7 Å². The van der Waals surface area contributed by atoms with Crippen molar-refractivity contribution in [1.29, 1.82) is 0 Å². The first-order chi connectivity index (χ1) is 8.19. The van der Waals surface area contributed by atoms with Crippen LogP contribution in [0.3, 0.4) is 0 Å². The van der Waals surface area contributed by atoms with Gasteiger partial charge in [-0.15, -0.1) is 0 Å². The van der Waals surface area contributed by atoms with Gasteiger partial charge in [-0.05, 0) is 23.8 Å². The summed E-state index contributed by atoms with van der Waals surface area (Å²) in [7, 11) is 0. The Morgan fingerprint density at radius 1 is 1.24 bits per heavy atom. The van der Waals surface area contributed by atoms with Crippen LogP contribution in [0.1, 0.15) is 5.56 Å². The second-order valence-electron chi connectivity index (χ2n) is 3.51. The molecule has 0 atom stereocenters. The molecule has 5 heteroatoms. The Bertz CT molecular complexity index is 529. The van der Waals surface area contributed by atoms with E-state index in [0.717, 1.165) is 11.3 Å². The molecule has 0 unspecified atom stereocenters. The molecule has 1 aromatic heterocycles. The van der Waals surface area contributed by atoms with Crippen molar-refractivity contribution in [3.05, 3.63) is 52.1 Å². The lowest BCUT2D eigenvalue weighted by molar-refractivity contribution is 1.07. The van der Waals surface area contributed by atoms with Crippen LogP contribution in [0.25, 0.3) is 0 Å². The molecule has 0 aliphatic heterocycles. The van der Waals surface area contributed by atoms with Crippen LogP contribution in [-0.4, -0.2) is 4.98 Å². The number of aromatic nitrogens is 1. The van der Waals surface area contributed by atoms with Crippen molar-refractivity contribution in [1.82, 2.24) is 4.98 Å². The van der Waals surface area contributed by atoms with Crippen LogP contribution in [0, 0.1) is 0 Å². The van der Waals surface area contributed by atoms with Gasteiger partial charge in [-0.1, -0.05) is 35.3 Å². The fourth-order valence-corrected chi connectivity index (χ4v) is 1.85. The summed E-state index contributed by atoms with van der Waals surface area (Å²) in [6.45, 7) is 0.497. The molecular formula is C12H11Cl2N3. The van der Waals surface area contributed by atoms with E-state index in [4.69, 9.17) is 28.9 Å². The zero-order valence-corrected chi connectivity index (χ0v) is 10.5. The number of nitrogens with two attached hydrogens (primary N) is 1. The molecule has 0 aliphatic carbocycles. The molecule has 3 nitrogen and oxygen atoms in total. The molecular weight excluding hydrogens is 257 g/mol. The maximum Gasteiger partial charge on any atom is 0.149 e. The third-order valence-electron chi connectivity index (χ3n) is 2.23. The number of nitrogens with zero attached hydrogens (tertiary/aromatic N) is 1. The summed E-state index contributed by atoms with van der Waals surface area (Å²) in [6.07, 6.45) is 1.54. The molecule has 0 spiro atoms. The average molecular weight is 268 g/mol. The highest BCUT2D eigenvalue weighted by atomic mass is 35.5. The van der Waals surface area contributed by atoms with Gasteiger partial charge in [0.25, 0.3) is 0 Å². The number of hydrogen-bond donors (Lipinski definition) is 2. The van der Waals surface area contributed by atoms with E-state index in [9.17, 15) is 0 Å². The van der Waals surface area contributed by atoms with Crippen molar-refractivity contribution in [3.8, 4) is 0 Å². The molecule has 0 bridgehead atoms. The van der Waals surface area contributed by atoms with Gasteiger partial charge in [0.05, 0.1) is 10.0 Å². The minimum absolute atomic E-state index is 0.482. The molecule has 0 radical (unpaired) electrons. The lowest BCUT2D eigenvalue weighted by atomic mass is 10.2. The van der Waals surface area contributed by atoms with E-state index < -0.39 is 0 Å². The molecule has 1 heterocycles. The average Bonchev–Trinajstić information content (AvgIpc) is 2.33. The molecule has 0 amide bonds. The highest BCUT2D eigenvalue weighted by molar-refractivity contribution is 6.36. The summed E-state index contributed by atoms with van der Waals surface area (Å²) < 4.78 is 0. The Hall–Kier alpha value is -1.29. The third-order valence-corrected chi connectivity index (χ3v) is 2.73. The molecule has 0 saturated heterocycles. The monoisotopic (exact) mass is 267 g/mol. The molecule has 17 heavy (non-hydrogen) atoms. The molecule has 0 fully saturated rings. The van der Waals surface area contributed by atoms with Gasteiger partial charge in [0, 0.05) is 18.4 Å². The number of pyridine rings is 1. The van der Waals surface area contributed by atoms with Crippen LogP contribution in [0.15, 0.2) is 36.5 Å². The van der Waals surface area contributed by atoms with E-state index in [-0.39, 0.29) is 0 Å². The summed E-state index contributed by atoms with van der Waals surface area (Å²) in [6, 6.07) is 9.40. The number of anilines is 2. The fraction of sp³-hybridized carbons (Fsp3) is 0.0833. The van der Waals surface area contributed by atoms with Crippen molar-refractivity contribution in [2.75, 3.05) is 5.32 Å². The van der Waals surface area contributed by atoms with Crippen LogP contribution < -0.4 is 11.1 Å². The fourth-order valence-electron chi connectivity index (χ4n) is 1.42. The second kappa shape index (κ2) is 5.36. The highest BCUT2D eigenvalue weighted by Crippen LogP contribution is 2.25. The Labute approximate surface area is 110 Å². The van der Waals surface area contributed by atoms with Crippen LogP contribution >= 0.6 is 23.2 Å². The van der Waals surface area contributed by atoms with E-state index in [1.165, 1.54) is 0 Å². The topological polar surface area (TPSA) is 50.9 Å². The summed E-state index contributed by atoms with van der Waals surface area (Å²) in [4.78, 5) is 4.12. The van der Waals surface area contributed by atoms with E-state index in [0.29, 0.717) is 22.4 Å². The number of halogens is 2. The van der Waals surface area contributed by atoms with Gasteiger partial charge in [-0.3, -0.25) is 0 Å². The predicted octanol–water partition coefficient (Wildman–Crippen LogP) is 3.59. The summed E-state index contributed by atoms with van der Waals surface area (Å²) in [5, 5.41) is 4.11. The number of rotatable bonds is 3. The van der Waals surface area contributed by atoms with Gasteiger partial charge in [-0.25, -0.2) is 4.98 Å². The van der Waals surface area contributed by atoms with Crippen molar-refractivity contribution in [2.24, 2.45) is 5.73 Å². The maximum absolute atomic E-state index is 6.02. The Kier molecular flexibility index (Phi) is 3.84. The van der Waals surface area contributed by atoms with Crippen molar-refractivity contribution in [3.63, 3.8) is 0 Å².